The minimum absolute atomic E-state index is 0.100. The van der Waals surface area contributed by atoms with Gasteiger partial charge in [0.15, 0.2) is 0 Å². The molecule has 1 fully saturated rings. The Morgan fingerprint density at radius 2 is 2.21 bits per heavy atom. The lowest BCUT2D eigenvalue weighted by Crippen LogP contribution is -2.32. The van der Waals surface area contributed by atoms with Crippen LogP contribution in [0.25, 0.3) is 0 Å². The van der Waals surface area contributed by atoms with Gasteiger partial charge in [0.1, 0.15) is 12.4 Å². The first-order chi connectivity index (χ1) is 11.6. The van der Waals surface area contributed by atoms with Crippen molar-refractivity contribution in [3.05, 3.63) is 24.0 Å². The van der Waals surface area contributed by atoms with Crippen molar-refractivity contribution in [2.75, 3.05) is 33.3 Å². The minimum atomic E-state index is -1.13. The third-order valence-corrected chi connectivity index (χ3v) is 3.96. The highest BCUT2D eigenvalue weighted by atomic mass is 16.5. The van der Waals surface area contributed by atoms with Gasteiger partial charge < -0.3 is 20.5 Å². The number of carbonyl (C=O) groups excluding carboxylic acids is 1. The van der Waals surface area contributed by atoms with E-state index in [0.29, 0.717) is 24.9 Å². The van der Waals surface area contributed by atoms with E-state index in [0.717, 1.165) is 18.5 Å². The van der Waals surface area contributed by atoms with E-state index in [-0.39, 0.29) is 18.9 Å². The first kappa shape index (κ1) is 18.0. The maximum Gasteiger partial charge on any atom is 0.404 e. The fourth-order valence-electron chi connectivity index (χ4n) is 2.76. The number of amides is 2. The first-order valence-electron chi connectivity index (χ1n) is 8.07. The average Bonchev–Trinajstić information content (AvgIpc) is 2.98. The van der Waals surface area contributed by atoms with Crippen molar-refractivity contribution < 1.29 is 19.4 Å². The van der Waals surface area contributed by atoms with Crippen LogP contribution in [-0.2, 0) is 4.79 Å². The van der Waals surface area contributed by atoms with Crippen LogP contribution < -0.4 is 15.4 Å². The molecule has 0 saturated carbocycles. The van der Waals surface area contributed by atoms with E-state index >= 15 is 0 Å². The van der Waals surface area contributed by atoms with Crippen LogP contribution in [-0.4, -0.2) is 60.3 Å². The predicted molar refractivity (Wildman–Crippen MR) is 88.0 cm³/mol. The molecule has 2 amide bonds. The molecule has 2 rings (SSSR count). The van der Waals surface area contributed by atoms with Crippen LogP contribution in [0, 0.1) is 0 Å². The zero-order chi connectivity index (χ0) is 17.4. The monoisotopic (exact) mass is 336 g/mol. The van der Waals surface area contributed by atoms with E-state index in [2.05, 4.69) is 27.6 Å². The highest BCUT2D eigenvalue weighted by Crippen LogP contribution is 2.31. The van der Waals surface area contributed by atoms with Crippen LogP contribution in [0.15, 0.2) is 18.5 Å². The molecule has 0 aliphatic carbocycles. The van der Waals surface area contributed by atoms with Crippen molar-refractivity contribution in [3.8, 4) is 5.75 Å². The van der Waals surface area contributed by atoms with Gasteiger partial charge in [0.2, 0.25) is 5.91 Å². The number of nitrogens with one attached hydrogen (secondary N) is 2. The normalized spacial score (nSPS) is 17.5. The maximum absolute atomic E-state index is 11.5. The Morgan fingerprint density at radius 1 is 1.38 bits per heavy atom. The Kier molecular flexibility index (Phi) is 6.80. The lowest BCUT2D eigenvalue weighted by molar-refractivity contribution is -0.121. The number of nitrogens with zero attached hydrogens (tertiary/aromatic N) is 2. The highest BCUT2D eigenvalue weighted by molar-refractivity contribution is 5.76. The summed E-state index contributed by atoms with van der Waals surface area (Å²) in [6, 6.07) is 2.39. The topological polar surface area (TPSA) is 104 Å². The summed E-state index contributed by atoms with van der Waals surface area (Å²) in [5.41, 5.74) is 1.15. The summed E-state index contributed by atoms with van der Waals surface area (Å²) >= 11 is 0. The molecule has 0 bridgehead atoms. The van der Waals surface area contributed by atoms with Crippen molar-refractivity contribution in [3.63, 3.8) is 0 Å². The van der Waals surface area contributed by atoms with Crippen molar-refractivity contribution in [2.24, 2.45) is 0 Å². The number of hydrogen-bond acceptors (Lipinski definition) is 5. The lowest BCUT2D eigenvalue weighted by Gasteiger charge is -2.19. The van der Waals surface area contributed by atoms with Gasteiger partial charge in [0.05, 0.1) is 12.7 Å². The van der Waals surface area contributed by atoms with Gasteiger partial charge in [-0.25, -0.2) is 4.79 Å². The Bertz CT molecular complexity index is 567. The van der Waals surface area contributed by atoms with Gasteiger partial charge >= 0.3 is 6.09 Å². The van der Waals surface area contributed by atoms with Crippen molar-refractivity contribution in [2.45, 2.75) is 25.3 Å². The molecular weight excluding hydrogens is 312 g/mol. The van der Waals surface area contributed by atoms with Crippen LogP contribution in [0.1, 0.15) is 30.9 Å². The van der Waals surface area contributed by atoms with E-state index in [1.54, 1.807) is 6.20 Å². The number of ether oxygens (including phenoxy) is 1. The molecule has 8 nitrogen and oxygen atoms in total. The van der Waals surface area contributed by atoms with E-state index in [9.17, 15) is 9.59 Å². The SMILES string of the molecule is CN1CCC[C@H]1c1cncc(OCCNC(=O)CCNC(=O)O)c1. The second-order valence-corrected chi connectivity index (χ2v) is 5.77. The summed E-state index contributed by atoms with van der Waals surface area (Å²) in [5, 5.41) is 13.2. The second-order valence-electron chi connectivity index (χ2n) is 5.77. The van der Waals surface area contributed by atoms with Gasteiger partial charge in [-0.1, -0.05) is 0 Å². The molecule has 132 valence electrons. The maximum atomic E-state index is 11.5. The van der Waals surface area contributed by atoms with Crippen molar-refractivity contribution >= 4 is 12.0 Å². The van der Waals surface area contributed by atoms with Crippen molar-refractivity contribution in [1.82, 2.24) is 20.5 Å². The summed E-state index contributed by atoms with van der Waals surface area (Å²) < 4.78 is 5.63. The first-order valence-corrected chi connectivity index (χ1v) is 8.07. The van der Waals surface area contributed by atoms with Gasteiger partial charge in [0, 0.05) is 25.2 Å². The van der Waals surface area contributed by atoms with Crippen LogP contribution >= 0.6 is 0 Å². The molecule has 1 aromatic rings. The third kappa shape index (κ3) is 5.69. The summed E-state index contributed by atoms with van der Waals surface area (Å²) in [4.78, 5) is 28.3. The highest BCUT2D eigenvalue weighted by Gasteiger charge is 2.23. The van der Waals surface area contributed by atoms with Crippen LogP contribution in [0.3, 0.4) is 0 Å². The number of pyridine rings is 1. The number of carboxylic acid groups (broad SMARTS) is 1. The Morgan fingerprint density at radius 3 is 2.92 bits per heavy atom. The third-order valence-electron chi connectivity index (χ3n) is 3.96. The summed E-state index contributed by atoms with van der Waals surface area (Å²) in [7, 11) is 2.11. The molecular formula is C16H24N4O4. The number of rotatable bonds is 8. The van der Waals surface area contributed by atoms with Crippen LogP contribution in [0.5, 0.6) is 5.75 Å². The summed E-state index contributed by atoms with van der Waals surface area (Å²) in [5.74, 6) is 0.474. The largest absolute Gasteiger partial charge is 0.490 e. The predicted octanol–water partition coefficient (Wildman–Crippen LogP) is 1.00. The summed E-state index contributed by atoms with van der Waals surface area (Å²) in [6.45, 7) is 1.89. The molecule has 0 aromatic carbocycles. The second kappa shape index (κ2) is 9.07. The van der Waals surface area contributed by atoms with Crippen LogP contribution in [0.4, 0.5) is 4.79 Å². The summed E-state index contributed by atoms with van der Waals surface area (Å²) in [6.07, 6.45) is 4.83. The fourth-order valence-corrected chi connectivity index (χ4v) is 2.76. The zero-order valence-electron chi connectivity index (χ0n) is 13.8. The van der Waals surface area contributed by atoms with E-state index in [1.165, 1.54) is 6.42 Å². The van der Waals surface area contributed by atoms with Gasteiger partial charge in [-0.05, 0) is 38.1 Å². The van der Waals surface area contributed by atoms with E-state index in [4.69, 9.17) is 9.84 Å². The molecule has 1 atom stereocenters. The smallest absolute Gasteiger partial charge is 0.404 e. The molecule has 2 heterocycles. The zero-order valence-corrected chi connectivity index (χ0v) is 13.8. The molecule has 0 unspecified atom stereocenters. The Balaban J connectivity index is 1.69. The quantitative estimate of drug-likeness (QED) is 0.612. The molecule has 1 aromatic heterocycles. The molecule has 0 spiro atoms. The molecule has 1 saturated heterocycles. The molecule has 3 N–H and O–H groups in total. The Hall–Kier alpha value is -2.35. The molecule has 1 aliphatic rings. The van der Waals surface area contributed by atoms with E-state index < -0.39 is 6.09 Å². The van der Waals surface area contributed by atoms with Gasteiger partial charge in [0.25, 0.3) is 0 Å². The fraction of sp³-hybridized carbons (Fsp3) is 0.562. The Labute approximate surface area is 141 Å². The number of aromatic nitrogens is 1. The van der Waals surface area contributed by atoms with E-state index in [1.807, 2.05) is 12.3 Å². The number of hydrogen-bond donors (Lipinski definition) is 3. The number of likely N-dealkylation sites (tertiary alicyclic amines) is 1. The van der Waals surface area contributed by atoms with Crippen LogP contribution in [0.2, 0.25) is 0 Å². The standard InChI is InChI=1S/C16H24N4O4/c1-20-7-2-3-14(20)12-9-13(11-17-10-12)24-8-6-18-15(21)4-5-19-16(22)23/h9-11,14,19H,2-8H2,1H3,(H,18,21)(H,22,23)/t14-/m0/s1. The molecule has 0 radical (unpaired) electrons. The molecule has 24 heavy (non-hydrogen) atoms. The lowest BCUT2D eigenvalue weighted by atomic mass is 10.1. The molecule has 8 heteroatoms. The van der Waals surface area contributed by atoms with Crippen molar-refractivity contribution in [1.29, 1.82) is 0 Å². The average molecular weight is 336 g/mol. The van der Waals surface area contributed by atoms with Gasteiger partial charge in [-0.15, -0.1) is 0 Å². The minimum Gasteiger partial charge on any atom is -0.490 e. The van der Waals surface area contributed by atoms with Gasteiger partial charge in [-0.2, -0.15) is 0 Å². The molecule has 1 aliphatic heterocycles. The number of carbonyl (C=O) groups is 2. The van der Waals surface area contributed by atoms with Gasteiger partial charge in [-0.3, -0.25) is 14.7 Å².